The second-order valence-corrected chi connectivity index (χ2v) is 7.59. The molecule has 1 atom stereocenters. The van der Waals surface area contributed by atoms with Crippen molar-refractivity contribution < 1.29 is 4.79 Å². The third-order valence-electron chi connectivity index (χ3n) is 4.64. The molecule has 7 heteroatoms. The molecule has 1 amide bonds. The maximum absolute atomic E-state index is 12.2. The summed E-state index contributed by atoms with van der Waals surface area (Å²) >= 11 is 1.36. The normalized spacial score (nSPS) is 12.2. The Morgan fingerprint density at radius 1 is 1.27 bits per heavy atom. The second-order valence-electron chi connectivity index (χ2n) is 6.65. The molecule has 0 unspecified atom stereocenters. The molecule has 0 radical (unpaired) electrons. The van der Waals surface area contributed by atoms with Crippen LogP contribution in [0.5, 0.6) is 0 Å². The van der Waals surface area contributed by atoms with Crippen LogP contribution in [0.25, 0.3) is 5.69 Å². The SMILES string of the molecule is CCCC[C@@H](CC)CNC(=O)CSc1nnnn1-c1ccc(C)c(C)c1. The van der Waals surface area contributed by atoms with E-state index in [4.69, 9.17) is 0 Å². The van der Waals surface area contributed by atoms with E-state index in [-0.39, 0.29) is 5.91 Å². The molecule has 0 spiro atoms. The molecule has 0 aliphatic heterocycles. The van der Waals surface area contributed by atoms with Gasteiger partial charge in [-0.25, -0.2) is 0 Å². The lowest BCUT2D eigenvalue weighted by Gasteiger charge is -2.15. The van der Waals surface area contributed by atoms with Crippen LogP contribution in [-0.4, -0.2) is 38.4 Å². The quantitative estimate of drug-likeness (QED) is 0.641. The molecule has 1 aromatic heterocycles. The summed E-state index contributed by atoms with van der Waals surface area (Å²) in [4.78, 5) is 12.2. The number of nitrogens with one attached hydrogen (secondary N) is 1. The Morgan fingerprint density at radius 2 is 2.08 bits per heavy atom. The van der Waals surface area contributed by atoms with Crippen molar-refractivity contribution in [1.29, 1.82) is 0 Å². The Bertz CT molecular complexity index is 716. The zero-order chi connectivity index (χ0) is 18.9. The molecule has 26 heavy (non-hydrogen) atoms. The number of amides is 1. The standard InChI is InChI=1S/C19H29N5OS/c1-5-7-8-16(6-2)12-20-18(25)13-26-19-21-22-23-24(19)17-10-9-14(3)15(4)11-17/h9-11,16H,5-8,12-13H2,1-4H3,(H,20,25)/t16-/m1/s1. The molecule has 0 saturated carbocycles. The first-order valence-electron chi connectivity index (χ1n) is 9.30. The summed E-state index contributed by atoms with van der Waals surface area (Å²) in [5.41, 5.74) is 3.32. The molecule has 1 heterocycles. The highest BCUT2D eigenvalue weighted by molar-refractivity contribution is 7.99. The van der Waals surface area contributed by atoms with Crippen molar-refractivity contribution in [2.75, 3.05) is 12.3 Å². The highest BCUT2D eigenvalue weighted by atomic mass is 32.2. The van der Waals surface area contributed by atoms with E-state index >= 15 is 0 Å². The van der Waals surface area contributed by atoms with E-state index < -0.39 is 0 Å². The summed E-state index contributed by atoms with van der Waals surface area (Å²) in [7, 11) is 0. The van der Waals surface area contributed by atoms with Gasteiger partial charge in [0.05, 0.1) is 11.4 Å². The van der Waals surface area contributed by atoms with Crippen LogP contribution in [-0.2, 0) is 4.79 Å². The fraction of sp³-hybridized carbons (Fsp3) is 0.579. The molecule has 2 aromatic rings. The molecule has 0 aliphatic rings. The highest BCUT2D eigenvalue weighted by Crippen LogP contribution is 2.20. The molecular formula is C19H29N5OS. The lowest BCUT2D eigenvalue weighted by Crippen LogP contribution is -2.30. The van der Waals surface area contributed by atoms with Crippen LogP contribution in [0.1, 0.15) is 50.7 Å². The Labute approximate surface area is 160 Å². The number of thioether (sulfide) groups is 1. The van der Waals surface area contributed by atoms with Crippen LogP contribution < -0.4 is 5.32 Å². The molecule has 142 valence electrons. The maximum Gasteiger partial charge on any atom is 0.230 e. The first-order chi connectivity index (χ1) is 12.5. The molecule has 0 saturated heterocycles. The molecule has 1 aromatic carbocycles. The molecule has 2 rings (SSSR count). The minimum atomic E-state index is 0.0274. The van der Waals surface area contributed by atoms with Gasteiger partial charge in [0.2, 0.25) is 11.1 Å². The van der Waals surface area contributed by atoms with E-state index in [0.29, 0.717) is 16.8 Å². The molecule has 6 nitrogen and oxygen atoms in total. The first-order valence-corrected chi connectivity index (χ1v) is 10.3. The third kappa shape index (κ3) is 5.83. The number of carbonyl (C=O) groups is 1. The van der Waals surface area contributed by atoms with Crippen LogP contribution >= 0.6 is 11.8 Å². The summed E-state index contributed by atoms with van der Waals surface area (Å²) in [6.45, 7) is 9.26. The Balaban J connectivity index is 1.89. The average molecular weight is 376 g/mol. The van der Waals surface area contributed by atoms with E-state index in [0.717, 1.165) is 18.7 Å². The van der Waals surface area contributed by atoms with E-state index in [1.807, 2.05) is 6.07 Å². The van der Waals surface area contributed by atoms with E-state index in [1.165, 1.54) is 42.2 Å². The highest BCUT2D eigenvalue weighted by Gasteiger charge is 2.13. The summed E-state index contributed by atoms with van der Waals surface area (Å²) in [6.07, 6.45) is 4.68. The van der Waals surface area contributed by atoms with Gasteiger partial charge in [0.1, 0.15) is 0 Å². The van der Waals surface area contributed by atoms with Crippen molar-refractivity contribution in [3.8, 4) is 5.69 Å². The number of carbonyl (C=O) groups excluding carboxylic acids is 1. The van der Waals surface area contributed by atoms with Crippen molar-refractivity contribution in [1.82, 2.24) is 25.5 Å². The van der Waals surface area contributed by atoms with Crippen molar-refractivity contribution >= 4 is 17.7 Å². The van der Waals surface area contributed by atoms with Crippen LogP contribution in [0.15, 0.2) is 23.4 Å². The van der Waals surface area contributed by atoms with Crippen LogP contribution in [0.3, 0.4) is 0 Å². The number of benzene rings is 1. The van der Waals surface area contributed by atoms with E-state index in [1.54, 1.807) is 4.68 Å². The number of aryl methyl sites for hydroxylation is 2. The minimum Gasteiger partial charge on any atom is -0.355 e. The van der Waals surface area contributed by atoms with Crippen LogP contribution in [0, 0.1) is 19.8 Å². The summed E-state index contributed by atoms with van der Waals surface area (Å²) in [6, 6.07) is 6.09. The van der Waals surface area contributed by atoms with Gasteiger partial charge < -0.3 is 5.32 Å². The maximum atomic E-state index is 12.2. The average Bonchev–Trinajstić information content (AvgIpc) is 3.11. The summed E-state index contributed by atoms with van der Waals surface area (Å²) < 4.78 is 1.68. The number of hydrogen-bond donors (Lipinski definition) is 1. The van der Waals surface area contributed by atoms with Gasteiger partial charge >= 0.3 is 0 Å². The smallest absolute Gasteiger partial charge is 0.230 e. The number of nitrogens with zero attached hydrogens (tertiary/aromatic N) is 4. The number of rotatable bonds is 10. The van der Waals surface area contributed by atoms with Gasteiger partial charge in [0, 0.05) is 6.54 Å². The molecule has 0 bridgehead atoms. The number of aromatic nitrogens is 4. The van der Waals surface area contributed by atoms with Crippen LogP contribution in [0.2, 0.25) is 0 Å². The molecule has 0 aliphatic carbocycles. The van der Waals surface area contributed by atoms with Gasteiger partial charge in [-0.15, -0.1) is 5.10 Å². The zero-order valence-corrected chi connectivity index (χ0v) is 17.0. The number of unbranched alkanes of at least 4 members (excludes halogenated alkanes) is 1. The van der Waals surface area contributed by atoms with Gasteiger partial charge in [-0.2, -0.15) is 4.68 Å². The monoisotopic (exact) mass is 375 g/mol. The largest absolute Gasteiger partial charge is 0.355 e. The topological polar surface area (TPSA) is 72.7 Å². The minimum absolute atomic E-state index is 0.0274. The Hall–Kier alpha value is -1.89. The van der Waals surface area contributed by atoms with E-state index in [9.17, 15) is 4.79 Å². The van der Waals surface area contributed by atoms with E-state index in [2.05, 4.69) is 60.7 Å². The number of hydrogen-bond acceptors (Lipinski definition) is 5. The van der Waals surface area contributed by atoms with Gasteiger partial charge in [-0.1, -0.05) is 50.9 Å². The lowest BCUT2D eigenvalue weighted by atomic mass is 9.99. The third-order valence-corrected chi connectivity index (χ3v) is 5.56. The predicted octanol–water partition coefficient (Wildman–Crippen LogP) is 3.70. The second kappa shape index (κ2) is 10.3. The Morgan fingerprint density at radius 3 is 2.77 bits per heavy atom. The van der Waals surface area contributed by atoms with Gasteiger partial charge in [0.25, 0.3) is 0 Å². The fourth-order valence-corrected chi connectivity index (χ4v) is 3.39. The van der Waals surface area contributed by atoms with Gasteiger partial charge in [0.15, 0.2) is 0 Å². The van der Waals surface area contributed by atoms with Crippen molar-refractivity contribution in [2.45, 2.75) is 58.5 Å². The zero-order valence-electron chi connectivity index (χ0n) is 16.2. The van der Waals surface area contributed by atoms with Crippen molar-refractivity contribution in [2.24, 2.45) is 5.92 Å². The van der Waals surface area contributed by atoms with Crippen LogP contribution in [0.4, 0.5) is 0 Å². The first kappa shape index (κ1) is 20.4. The van der Waals surface area contributed by atoms with Crippen molar-refractivity contribution in [3.05, 3.63) is 29.3 Å². The van der Waals surface area contributed by atoms with Crippen molar-refractivity contribution in [3.63, 3.8) is 0 Å². The predicted molar refractivity (Wildman–Crippen MR) is 106 cm³/mol. The summed E-state index contributed by atoms with van der Waals surface area (Å²) in [5.74, 6) is 0.902. The summed E-state index contributed by atoms with van der Waals surface area (Å²) in [5, 5.41) is 15.5. The number of tetrazole rings is 1. The molecular weight excluding hydrogens is 346 g/mol. The van der Waals surface area contributed by atoms with Gasteiger partial charge in [-0.3, -0.25) is 4.79 Å². The molecule has 0 fully saturated rings. The molecule has 1 N–H and O–H groups in total. The Kier molecular flexibility index (Phi) is 8.09. The van der Waals surface area contributed by atoms with Gasteiger partial charge in [-0.05, 0) is 59.9 Å². The fourth-order valence-electron chi connectivity index (χ4n) is 2.67. The lowest BCUT2D eigenvalue weighted by molar-refractivity contribution is -0.118.